The molecular weight excluding hydrogens is 317 g/mol. The molecule has 0 radical (unpaired) electrons. The maximum absolute atomic E-state index is 14.0. The van der Waals surface area contributed by atoms with E-state index in [4.69, 9.17) is 16.1 Å². The summed E-state index contributed by atoms with van der Waals surface area (Å²) in [4.78, 5) is 17.4. The lowest BCUT2D eigenvalue weighted by Crippen LogP contribution is -2.28. The van der Waals surface area contributed by atoms with Gasteiger partial charge in [-0.05, 0) is 12.1 Å². The van der Waals surface area contributed by atoms with E-state index in [1.54, 1.807) is 22.7 Å². The fourth-order valence-corrected chi connectivity index (χ4v) is 3.50. The first kappa shape index (κ1) is 14.3. The average molecular weight is 328 g/mol. The molecule has 0 unspecified atom stereocenters. The van der Waals surface area contributed by atoms with Crippen LogP contribution in [-0.4, -0.2) is 32.6 Å². The summed E-state index contributed by atoms with van der Waals surface area (Å²) in [5.74, 6) is 1.06. The Hall–Kier alpha value is -1.60. The molecule has 0 aliphatic carbocycles. The van der Waals surface area contributed by atoms with Gasteiger partial charge in [-0.2, -0.15) is 4.98 Å². The van der Waals surface area contributed by atoms with Gasteiger partial charge in [0.15, 0.2) is 5.82 Å². The maximum atomic E-state index is 14.0. The van der Waals surface area contributed by atoms with E-state index in [0.717, 1.165) is 0 Å². The third-order valence-electron chi connectivity index (χ3n) is 3.21. The number of hydrogen-bond acceptors (Lipinski definition) is 5. The van der Waals surface area contributed by atoms with E-state index >= 15 is 0 Å². The van der Waals surface area contributed by atoms with Gasteiger partial charge in [-0.3, -0.25) is 4.79 Å². The van der Waals surface area contributed by atoms with Crippen molar-refractivity contribution >= 4 is 29.3 Å². The van der Waals surface area contributed by atoms with Crippen LogP contribution in [0.3, 0.4) is 0 Å². The van der Waals surface area contributed by atoms with Crippen molar-refractivity contribution in [2.45, 2.75) is 13.0 Å². The number of carbonyl (C=O) groups excluding carboxylic acids is 1. The number of carbonyl (C=O) groups is 1. The van der Waals surface area contributed by atoms with Crippen molar-refractivity contribution in [3.63, 3.8) is 0 Å². The monoisotopic (exact) mass is 327 g/mol. The molecule has 1 aliphatic heterocycles. The molecule has 1 aromatic heterocycles. The number of hydrogen-bond donors (Lipinski definition) is 0. The zero-order chi connectivity index (χ0) is 15.0. The van der Waals surface area contributed by atoms with Crippen molar-refractivity contribution in [2.75, 3.05) is 11.6 Å². The zero-order valence-electron chi connectivity index (χ0n) is 11.0. The Morgan fingerprint density at radius 1 is 1.57 bits per heavy atom. The fraction of sp³-hybridized carbons (Fsp3) is 0.308. The minimum Gasteiger partial charge on any atom is -0.337 e. The van der Waals surface area contributed by atoms with Crippen LogP contribution in [0.1, 0.15) is 18.9 Å². The average Bonchev–Trinajstić information content (AvgIpc) is 3.09. The van der Waals surface area contributed by atoms with Crippen LogP contribution < -0.4 is 0 Å². The molecule has 3 rings (SSSR count). The number of nitrogens with zero attached hydrogens (tertiary/aromatic N) is 3. The highest BCUT2D eigenvalue weighted by Crippen LogP contribution is 2.33. The summed E-state index contributed by atoms with van der Waals surface area (Å²) in [6.07, 6.45) is 0. The van der Waals surface area contributed by atoms with Crippen LogP contribution in [0.25, 0.3) is 11.4 Å². The normalized spacial score (nSPS) is 18.2. The first-order valence-corrected chi connectivity index (χ1v) is 7.74. The third-order valence-corrected chi connectivity index (χ3v) is 4.51. The summed E-state index contributed by atoms with van der Waals surface area (Å²) < 4.78 is 19.2. The van der Waals surface area contributed by atoms with Crippen molar-refractivity contribution in [3.8, 4) is 11.4 Å². The SMILES string of the molecule is CC(=O)N1CSC[C@H]1c1nc(-c2cccc(Cl)c2F)no1. The van der Waals surface area contributed by atoms with Gasteiger partial charge in [0.05, 0.1) is 16.5 Å². The largest absolute Gasteiger partial charge is 0.337 e. The standard InChI is InChI=1S/C13H11ClFN3O2S/c1-7(19)18-6-21-5-10(18)13-16-12(17-20-13)8-3-2-4-9(14)11(8)15/h2-4,10H,5-6H2,1H3/t10-/m0/s1. The highest BCUT2D eigenvalue weighted by Gasteiger charge is 2.33. The second-order valence-corrected chi connectivity index (χ2v) is 5.97. The molecule has 0 spiro atoms. The molecule has 0 N–H and O–H groups in total. The molecular formula is C13H11ClFN3O2S. The highest BCUT2D eigenvalue weighted by atomic mass is 35.5. The summed E-state index contributed by atoms with van der Waals surface area (Å²) in [5.41, 5.74) is 0.178. The van der Waals surface area contributed by atoms with Gasteiger partial charge in [-0.1, -0.05) is 22.8 Å². The molecule has 5 nitrogen and oxygen atoms in total. The fourth-order valence-electron chi connectivity index (χ4n) is 2.11. The van der Waals surface area contributed by atoms with Gasteiger partial charge < -0.3 is 9.42 Å². The van der Waals surface area contributed by atoms with Crippen LogP contribution in [0.2, 0.25) is 5.02 Å². The number of halogens is 2. The van der Waals surface area contributed by atoms with E-state index in [9.17, 15) is 9.18 Å². The molecule has 8 heteroatoms. The lowest BCUT2D eigenvalue weighted by atomic mass is 10.2. The highest BCUT2D eigenvalue weighted by molar-refractivity contribution is 7.99. The van der Waals surface area contributed by atoms with Crippen molar-refractivity contribution in [1.82, 2.24) is 15.0 Å². The molecule has 0 saturated carbocycles. The smallest absolute Gasteiger partial charge is 0.250 e. The minimum absolute atomic E-state index is 0.000587. The molecule has 2 aromatic rings. The number of benzene rings is 1. The topological polar surface area (TPSA) is 59.2 Å². The Morgan fingerprint density at radius 3 is 3.14 bits per heavy atom. The number of amides is 1. The summed E-state index contributed by atoms with van der Waals surface area (Å²) in [5, 5.41) is 3.80. The van der Waals surface area contributed by atoms with Gasteiger partial charge >= 0.3 is 0 Å². The van der Waals surface area contributed by atoms with Gasteiger partial charge in [0.1, 0.15) is 6.04 Å². The van der Waals surface area contributed by atoms with E-state index in [0.29, 0.717) is 17.5 Å². The van der Waals surface area contributed by atoms with Gasteiger partial charge in [0.2, 0.25) is 11.7 Å². The molecule has 110 valence electrons. The van der Waals surface area contributed by atoms with Crippen LogP contribution >= 0.6 is 23.4 Å². The van der Waals surface area contributed by atoms with Crippen LogP contribution in [0.5, 0.6) is 0 Å². The maximum Gasteiger partial charge on any atom is 0.250 e. The number of rotatable bonds is 2. The molecule has 21 heavy (non-hydrogen) atoms. The Kier molecular flexibility index (Phi) is 3.86. The Balaban J connectivity index is 1.93. The van der Waals surface area contributed by atoms with E-state index in [2.05, 4.69) is 10.1 Å². The molecule has 1 aromatic carbocycles. The zero-order valence-corrected chi connectivity index (χ0v) is 12.6. The summed E-state index contributed by atoms with van der Waals surface area (Å²) in [7, 11) is 0. The Labute approximate surface area is 129 Å². The number of aromatic nitrogens is 2. The predicted molar refractivity (Wildman–Crippen MR) is 77.3 cm³/mol. The van der Waals surface area contributed by atoms with Gasteiger partial charge in [0, 0.05) is 12.7 Å². The van der Waals surface area contributed by atoms with E-state index in [1.807, 2.05) is 0 Å². The van der Waals surface area contributed by atoms with E-state index in [-0.39, 0.29) is 28.4 Å². The first-order valence-electron chi connectivity index (χ1n) is 6.21. The van der Waals surface area contributed by atoms with E-state index in [1.165, 1.54) is 19.1 Å². The van der Waals surface area contributed by atoms with Crippen molar-refractivity contribution in [1.29, 1.82) is 0 Å². The quantitative estimate of drug-likeness (QED) is 0.848. The second kappa shape index (κ2) is 5.65. The Morgan fingerprint density at radius 2 is 2.38 bits per heavy atom. The lowest BCUT2D eigenvalue weighted by Gasteiger charge is -2.18. The van der Waals surface area contributed by atoms with Gasteiger partial charge in [-0.15, -0.1) is 11.8 Å². The number of thioether (sulfide) groups is 1. The minimum atomic E-state index is -0.587. The second-order valence-electron chi connectivity index (χ2n) is 4.56. The molecule has 1 amide bonds. The van der Waals surface area contributed by atoms with E-state index < -0.39 is 5.82 Å². The predicted octanol–water partition coefficient (Wildman–Crippen LogP) is 3.12. The molecule has 1 saturated heterocycles. The van der Waals surface area contributed by atoms with Gasteiger partial charge in [-0.25, -0.2) is 4.39 Å². The van der Waals surface area contributed by atoms with Crippen LogP contribution in [-0.2, 0) is 4.79 Å². The molecule has 0 bridgehead atoms. The Bertz CT molecular complexity index is 694. The van der Waals surface area contributed by atoms with Crippen molar-refractivity contribution < 1.29 is 13.7 Å². The third kappa shape index (κ3) is 2.63. The van der Waals surface area contributed by atoms with Crippen LogP contribution in [0, 0.1) is 5.82 Å². The molecule has 1 aliphatic rings. The van der Waals surface area contributed by atoms with Crippen molar-refractivity contribution in [3.05, 3.63) is 34.9 Å². The first-order chi connectivity index (χ1) is 10.1. The summed E-state index contributed by atoms with van der Waals surface area (Å²) in [6, 6.07) is 4.33. The summed E-state index contributed by atoms with van der Waals surface area (Å²) >= 11 is 7.35. The molecule has 2 heterocycles. The molecule has 1 atom stereocenters. The van der Waals surface area contributed by atoms with Crippen LogP contribution in [0.15, 0.2) is 22.7 Å². The summed E-state index contributed by atoms with van der Waals surface area (Å²) in [6.45, 7) is 1.49. The lowest BCUT2D eigenvalue weighted by molar-refractivity contribution is -0.129. The van der Waals surface area contributed by atoms with Crippen LogP contribution in [0.4, 0.5) is 4.39 Å². The van der Waals surface area contributed by atoms with Gasteiger partial charge in [0.25, 0.3) is 5.89 Å². The van der Waals surface area contributed by atoms with Crippen molar-refractivity contribution in [2.24, 2.45) is 0 Å². The molecule has 1 fully saturated rings.